The summed E-state index contributed by atoms with van der Waals surface area (Å²) in [5.41, 5.74) is 0.408. The lowest BCUT2D eigenvalue weighted by Crippen LogP contribution is -2.93. The molecule has 0 radical (unpaired) electrons. The Kier molecular flexibility index (Phi) is 4.18. The molecule has 1 aromatic rings. The fourth-order valence-electron chi connectivity index (χ4n) is 2.13. The summed E-state index contributed by atoms with van der Waals surface area (Å²) in [5.74, 6) is -1.41. The van der Waals surface area contributed by atoms with E-state index in [2.05, 4.69) is 0 Å². The van der Waals surface area contributed by atoms with Crippen LogP contribution in [0.4, 0.5) is 0 Å². The zero-order valence-electron chi connectivity index (χ0n) is 10.4. The maximum absolute atomic E-state index is 12.1. The van der Waals surface area contributed by atoms with Gasteiger partial charge in [-0.1, -0.05) is 30.3 Å². The molecule has 0 amide bonds. The molecule has 0 saturated carbocycles. The summed E-state index contributed by atoms with van der Waals surface area (Å²) >= 11 is 0. The van der Waals surface area contributed by atoms with Gasteiger partial charge in [0.25, 0.3) is 0 Å². The van der Waals surface area contributed by atoms with Crippen LogP contribution >= 0.6 is 0 Å². The van der Waals surface area contributed by atoms with Crippen LogP contribution in [0.2, 0.25) is 0 Å². The van der Waals surface area contributed by atoms with E-state index < -0.39 is 22.2 Å². The molecule has 104 valence electrons. The molecule has 1 aliphatic heterocycles. The van der Waals surface area contributed by atoms with Crippen LogP contribution in [0.3, 0.4) is 0 Å². The number of nitrogens with zero attached hydrogens (tertiary/aromatic N) is 1. The minimum absolute atomic E-state index is 0.408. The minimum atomic E-state index is -3.66. The molecule has 1 aliphatic rings. The summed E-state index contributed by atoms with van der Waals surface area (Å²) in [7, 11) is -3.66. The molecule has 0 spiro atoms. The molecule has 7 heteroatoms. The van der Waals surface area contributed by atoms with Crippen LogP contribution in [0.1, 0.15) is 24.4 Å². The molecule has 2 N–H and O–H groups in total. The van der Waals surface area contributed by atoms with Gasteiger partial charge in [0.05, 0.1) is 0 Å². The largest absolute Gasteiger partial charge is 0.544 e. The first-order chi connectivity index (χ1) is 9.00. The number of hydrogen-bond acceptors (Lipinski definition) is 4. The molecule has 1 aromatic carbocycles. The van der Waals surface area contributed by atoms with Crippen molar-refractivity contribution in [2.45, 2.75) is 18.9 Å². The van der Waals surface area contributed by atoms with Crippen molar-refractivity contribution in [1.82, 2.24) is 4.31 Å². The predicted octanol–water partition coefficient (Wildman–Crippen LogP) is -1.62. The SMILES string of the molecule is O=C([O-])[C@H]([NH2+]S(=O)(=O)N1CCCC1)c1ccccc1. The number of quaternary nitrogens is 1. The highest BCUT2D eigenvalue weighted by Crippen LogP contribution is 2.12. The van der Waals surface area contributed by atoms with Gasteiger partial charge in [0.1, 0.15) is 5.97 Å². The van der Waals surface area contributed by atoms with Gasteiger partial charge in [-0.2, -0.15) is 12.7 Å². The summed E-state index contributed by atoms with van der Waals surface area (Å²) in [6, 6.07) is 6.99. The van der Waals surface area contributed by atoms with Gasteiger partial charge in [-0.25, -0.2) is 4.72 Å². The Hall–Kier alpha value is -1.44. The predicted molar refractivity (Wildman–Crippen MR) is 65.8 cm³/mol. The zero-order chi connectivity index (χ0) is 13.9. The first-order valence-electron chi connectivity index (χ1n) is 6.11. The van der Waals surface area contributed by atoms with Crippen LogP contribution in [0, 0.1) is 0 Å². The second kappa shape index (κ2) is 5.68. The highest BCUT2D eigenvalue weighted by Gasteiger charge is 2.32. The summed E-state index contributed by atoms with van der Waals surface area (Å²) in [6.07, 6.45) is 1.63. The first-order valence-corrected chi connectivity index (χ1v) is 7.62. The summed E-state index contributed by atoms with van der Waals surface area (Å²) in [6.45, 7) is 0.904. The van der Waals surface area contributed by atoms with E-state index in [1.807, 2.05) is 0 Å². The van der Waals surface area contributed by atoms with Crippen LogP contribution in [-0.4, -0.2) is 31.8 Å². The van der Waals surface area contributed by atoms with E-state index in [4.69, 9.17) is 0 Å². The standard InChI is InChI=1S/C12H16N2O4S/c15-12(16)11(10-6-2-1-3-7-10)13-19(17,18)14-8-4-5-9-14/h1-3,6-7,11,13H,4-5,8-9H2,(H,15,16)/t11-/m1/s1. The molecule has 0 aromatic heterocycles. The lowest BCUT2D eigenvalue weighted by Gasteiger charge is -2.20. The monoisotopic (exact) mass is 284 g/mol. The van der Waals surface area contributed by atoms with Gasteiger partial charge >= 0.3 is 10.2 Å². The quantitative estimate of drug-likeness (QED) is 0.703. The Labute approximate surface area is 112 Å². The Bertz CT molecular complexity index is 538. The molecule has 1 saturated heterocycles. The van der Waals surface area contributed by atoms with E-state index in [1.54, 1.807) is 30.3 Å². The number of rotatable bonds is 5. The highest BCUT2D eigenvalue weighted by atomic mass is 32.2. The topological polar surface area (TPSA) is 94.1 Å². The molecular formula is C12H16N2O4S. The second-order valence-electron chi connectivity index (χ2n) is 4.49. The average molecular weight is 284 g/mol. The smallest absolute Gasteiger partial charge is 0.370 e. The number of benzene rings is 1. The minimum Gasteiger partial charge on any atom is -0.544 e. The molecular weight excluding hydrogens is 268 g/mol. The van der Waals surface area contributed by atoms with E-state index in [1.165, 1.54) is 4.31 Å². The van der Waals surface area contributed by atoms with Crippen LogP contribution in [0.15, 0.2) is 30.3 Å². The van der Waals surface area contributed by atoms with E-state index >= 15 is 0 Å². The highest BCUT2D eigenvalue weighted by molar-refractivity contribution is 7.82. The molecule has 0 aliphatic carbocycles. The van der Waals surface area contributed by atoms with Crippen LogP contribution < -0.4 is 9.83 Å². The third-order valence-electron chi connectivity index (χ3n) is 3.15. The fourth-order valence-corrected chi connectivity index (χ4v) is 3.68. The van der Waals surface area contributed by atoms with Gasteiger partial charge in [0, 0.05) is 18.7 Å². The van der Waals surface area contributed by atoms with E-state index in [0.29, 0.717) is 18.7 Å². The van der Waals surface area contributed by atoms with Crippen molar-refractivity contribution in [2.75, 3.05) is 13.1 Å². The number of carboxylic acid groups (broad SMARTS) is 1. The lowest BCUT2D eigenvalue weighted by atomic mass is 10.1. The van der Waals surface area contributed by atoms with Gasteiger partial charge in [-0.15, -0.1) is 0 Å². The molecule has 1 atom stereocenters. The maximum atomic E-state index is 12.1. The van der Waals surface area contributed by atoms with Crippen molar-refractivity contribution in [3.63, 3.8) is 0 Å². The molecule has 2 rings (SSSR count). The lowest BCUT2D eigenvalue weighted by molar-refractivity contribution is -0.550. The van der Waals surface area contributed by atoms with Crippen LogP contribution in [0.5, 0.6) is 0 Å². The number of aliphatic carboxylic acids is 1. The van der Waals surface area contributed by atoms with Crippen molar-refractivity contribution in [3.8, 4) is 0 Å². The molecule has 0 unspecified atom stereocenters. The van der Waals surface area contributed by atoms with Gasteiger partial charge in [-0.05, 0) is 12.8 Å². The first kappa shape index (κ1) is 14.0. The van der Waals surface area contributed by atoms with E-state index in [9.17, 15) is 18.3 Å². The maximum Gasteiger partial charge on any atom is 0.370 e. The van der Waals surface area contributed by atoms with Crippen molar-refractivity contribution in [2.24, 2.45) is 0 Å². The van der Waals surface area contributed by atoms with Crippen molar-refractivity contribution >= 4 is 16.2 Å². The number of nitrogens with two attached hydrogens (primary N) is 1. The van der Waals surface area contributed by atoms with Gasteiger partial charge in [-0.3, -0.25) is 0 Å². The molecule has 0 bridgehead atoms. The number of carbonyl (C=O) groups is 1. The average Bonchev–Trinajstić information content (AvgIpc) is 2.91. The Morgan fingerprint density at radius 1 is 1.21 bits per heavy atom. The number of hydrogen-bond donors (Lipinski definition) is 1. The summed E-state index contributed by atoms with van der Waals surface area (Å²) in [5, 5.41) is 11.2. The fraction of sp³-hybridized carbons (Fsp3) is 0.417. The van der Waals surface area contributed by atoms with Crippen molar-refractivity contribution in [1.29, 1.82) is 0 Å². The Morgan fingerprint density at radius 3 is 2.32 bits per heavy atom. The normalized spacial score (nSPS) is 18.3. The van der Waals surface area contributed by atoms with Gasteiger partial charge in [0.2, 0.25) is 0 Å². The number of carboxylic acids is 1. The van der Waals surface area contributed by atoms with Crippen LogP contribution in [0.25, 0.3) is 0 Å². The number of carbonyl (C=O) groups excluding carboxylic acids is 1. The third-order valence-corrected chi connectivity index (χ3v) is 4.85. The molecule has 6 nitrogen and oxygen atoms in total. The van der Waals surface area contributed by atoms with Crippen molar-refractivity contribution < 1.29 is 23.0 Å². The van der Waals surface area contributed by atoms with Gasteiger partial charge < -0.3 is 9.90 Å². The van der Waals surface area contributed by atoms with E-state index in [-0.39, 0.29) is 0 Å². The Morgan fingerprint density at radius 2 is 1.79 bits per heavy atom. The van der Waals surface area contributed by atoms with Crippen molar-refractivity contribution in [3.05, 3.63) is 35.9 Å². The second-order valence-corrected chi connectivity index (χ2v) is 6.31. The third kappa shape index (κ3) is 3.31. The van der Waals surface area contributed by atoms with Gasteiger partial charge in [0.15, 0.2) is 6.04 Å². The summed E-state index contributed by atoms with van der Waals surface area (Å²) in [4.78, 5) is 11.2. The Balaban J connectivity index is 2.20. The molecule has 1 fully saturated rings. The van der Waals surface area contributed by atoms with E-state index in [0.717, 1.165) is 17.6 Å². The molecule has 19 heavy (non-hydrogen) atoms. The zero-order valence-corrected chi connectivity index (χ0v) is 11.2. The summed E-state index contributed by atoms with van der Waals surface area (Å²) < 4.78 is 26.4. The molecule has 1 heterocycles. The van der Waals surface area contributed by atoms with Crippen LogP contribution in [-0.2, 0) is 15.0 Å².